The number of carbonyl (C=O) groups excluding carboxylic acids is 1. The number of amides is 1. The summed E-state index contributed by atoms with van der Waals surface area (Å²) in [6, 6.07) is 20.9. The molecule has 0 bridgehead atoms. The summed E-state index contributed by atoms with van der Waals surface area (Å²) >= 11 is 0. The van der Waals surface area contributed by atoms with E-state index in [4.69, 9.17) is 9.47 Å². The number of hydrogen-bond acceptors (Lipinski definition) is 6. The second-order valence-corrected chi connectivity index (χ2v) is 9.01. The lowest BCUT2D eigenvalue weighted by molar-refractivity contribution is -0.113. The number of carbonyl (C=O) groups is 1. The lowest BCUT2D eigenvalue weighted by Gasteiger charge is -2.23. The van der Waals surface area contributed by atoms with E-state index in [1.165, 1.54) is 37.5 Å². The number of nitrogens with zero attached hydrogens (tertiary/aromatic N) is 2. The molecule has 0 radical (unpaired) electrons. The van der Waals surface area contributed by atoms with E-state index in [0.29, 0.717) is 28.0 Å². The van der Waals surface area contributed by atoms with Gasteiger partial charge in [0, 0.05) is 5.56 Å². The number of nitriles is 1. The fourth-order valence-electron chi connectivity index (χ4n) is 3.22. The van der Waals surface area contributed by atoms with Gasteiger partial charge in [0.1, 0.15) is 23.1 Å². The molecule has 0 heterocycles. The van der Waals surface area contributed by atoms with E-state index in [-0.39, 0.29) is 16.2 Å². The molecule has 3 rings (SSSR count). The van der Waals surface area contributed by atoms with Gasteiger partial charge >= 0.3 is 0 Å². The van der Waals surface area contributed by atoms with E-state index in [2.05, 4.69) is 0 Å². The number of rotatable bonds is 8. The van der Waals surface area contributed by atoms with Crippen LogP contribution in [0.25, 0.3) is 6.08 Å². The normalized spacial score (nSPS) is 11.4. The van der Waals surface area contributed by atoms with Gasteiger partial charge in [-0.2, -0.15) is 9.57 Å². The largest absolute Gasteiger partial charge is 0.496 e. The molecule has 0 aromatic heterocycles. The molecule has 0 aliphatic carbocycles. The van der Waals surface area contributed by atoms with Gasteiger partial charge in [0.05, 0.1) is 24.3 Å². The van der Waals surface area contributed by atoms with E-state index in [9.17, 15) is 18.5 Å². The first kappa shape index (κ1) is 24.6. The molecule has 8 heteroatoms. The minimum absolute atomic E-state index is 0.0742. The minimum atomic E-state index is -4.34. The van der Waals surface area contributed by atoms with Crippen LogP contribution >= 0.6 is 0 Å². The zero-order chi connectivity index (χ0) is 24.7. The van der Waals surface area contributed by atoms with Gasteiger partial charge in [0.25, 0.3) is 15.9 Å². The molecule has 1 amide bonds. The number of benzene rings is 3. The van der Waals surface area contributed by atoms with Crippen molar-refractivity contribution in [2.24, 2.45) is 0 Å². The highest BCUT2D eigenvalue weighted by Gasteiger charge is 2.33. The van der Waals surface area contributed by atoms with Gasteiger partial charge in [-0.25, -0.2) is 8.42 Å². The van der Waals surface area contributed by atoms with Crippen LogP contribution in [0.2, 0.25) is 0 Å². The van der Waals surface area contributed by atoms with Gasteiger partial charge in [-0.1, -0.05) is 35.9 Å². The first-order valence-electron chi connectivity index (χ1n) is 10.5. The molecule has 0 aliphatic rings. The lowest BCUT2D eigenvalue weighted by atomic mass is 10.1. The third-order valence-electron chi connectivity index (χ3n) is 4.92. The summed E-state index contributed by atoms with van der Waals surface area (Å²) in [5.41, 5.74) is 1.05. The molecule has 0 N–H and O–H groups in total. The van der Waals surface area contributed by atoms with Crippen LogP contribution in [0.4, 0.5) is 5.69 Å². The summed E-state index contributed by atoms with van der Waals surface area (Å²) in [4.78, 5) is 13.5. The summed E-state index contributed by atoms with van der Waals surface area (Å²) < 4.78 is 38.6. The van der Waals surface area contributed by atoms with Crippen molar-refractivity contribution in [2.45, 2.75) is 18.7 Å². The Hall–Kier alpha value is -4.09. The minimum Gasteiger partial charge on any atom is -0.496 e. The Labute approximate surface area is 199 Å². The summed E-state index contributed by atoms with van der Waals surface area (Å²) in [6.45, 7) is 4.09. The standard InChI is InChI=1S/C26H24N2O5S/c1-4-33-23-13-11-22(12-14-23)28(34(30,31)24-15-9-19(2)10-16-24)26(29)21(18-27)17-20-7-5-6-8-25(20)32-3/h5-17H,4H2,1-3H3/b21-17+. The SMILES string of the molecule is CCOc1ccc(N(C(=O)/C(C#N)=C/c2ccccc2OC)S(=O)(=O)c2ccc(C)cc2)cc1. The van der Waals surface area contributed by atoms with Crippen LogP contribution < -0.4 is 13.8 Å². The van der Waals surface area contributed by atoms with Crippen LogP contribution in [0.15, 0.2) is 83.3 Å². The van der Waals surface area contributed by atoms with E-state index in [1.807, 2.05) is 19.9 Å². The molecule has 0 spiro atoms. The molecule has 0 aliphatic heterocycles. The molecular formula is C26H24N2O5S. The maximum atomic E-state index is 13.6. The predicted octanol–water partition coefficient (Wildman–Crippen LogP) is 4.73. The Morgan fingerprint density at radius 3 is 2.26 bits per heavy atom. The van der Waals surface area contributed by atoms with E-state index in [0.717, 1.165) is 5.56 Å². The second-order valence-electron chi connectivity index (χ2n) is 7.23. The highest BCUT2D eigenvalue weighted by molar-refractivity contribution is 7.93. The highest BCUT2D eigenvalue weighted by atomic mass is 32.2. The van der Waals surface area contributed by atoms with Crippen molar-refractivity contribution >= 4 is 27.7 Å². The Morgan fingerprint density at radius 2 is 1.68 bits per heavy atom. The van der Waals surface area contributed by atoms with Crippen LogP contribution in [0.3, 0.4) is 0 Å². The monoisotopic (exact) mass is 476 g/mol. The molecule has 0 fully saturated rings. The predicted molar refractivity (Wildman–Crippen MR) is 130 cm³/mol. The molecule has 0 saturated heterocycles. The Bertz CT molecular complexity index is 1340. The van der Waals surface area contributed by atoms with Crippen molar-refractivity contribution in [1.82, 2.24) is 0 Å². The molecule has 0 saturated carbocycles. The Balaban J connectivity index is 2.15. The molecule has 174 valence electrons. The molecule has 0 unspecified atom stereocenters. The average Bonchev–Trinajstić information content (AvgIpc) is 2.84. The number of para-hydroxylation sites is 1. The van der Waals surface area contributed by atoms with Crippen LogP contribution in [0.5, 0.6) is 11.5 Å². The quantitative estimate of drug-likeness (QED) is 0.344. The van der Waals surface area contributed by atoms with Crippen LogP contribution in [0, 0.1) is 18.3 Å². The number of aryl methyl sites for hydroxylation is 1. The second kappa shape index (κ2) is 10.7. The van der Waals surface area contributed by atoms with Gasteiger partial charge < -0.3 is 9.47 Å². The van der Waals surface area contributed by atoms with Crippen molar-refractivity contribution in [3.63, 3.8) is 0 Å². The third kappa shape index (κ3) is 5.27. The molecule has 0 atom stereocenters. The zero-order valence-corrected chi connectivity index (χ0v) is 19.9. The number of methoxy groups -OCH3 is 1. The number of anilines is 1. The van der Waals surface area contributed by atoms with Crippen LogP contribution in [-0.4, -0.2) is 28.0 Å². The molecule has 7 nitrogen and oxygen atoms in total. The molecule has 34 heavy (non-hydrogen) atoms. The van der Waals surface area contributed by atoms with E-state index >= 15 is 0 Å². The molecule has 3 aromatic rings. The molecular weight excluding hydrogens is 452 g/mol. The molecule has 3 aromatic carbocycles. The summed E-state index contributed by atoms with van der Waals surface area (Å²) in [5.74, 6) is -0.0216. The van der Waals surface area contributed by atoms with Crippen molar-refractivity contribution < 1.29 is 22.7 Å². The Morgan fingerprint density at radius 1 is 1.03 bits per heavy atom. The lowest BCUT2D eigenvalue weighted by Crippen LogP contribution is -2.37. The number of sulfonamides is 1. The summed E-state index contributed by atoms with van der Waals surface area (Å²) in [6.07, 6.45) is 1.31. The van der Waals surface area contributed by atoms with Gasteiger partial charge in [0.15, 0.2) is 0 Å². The fraction of sp³-hybridized carbons (Fsp3) is 0.154. The van der Waals surface area contributed by atoms with E-state index < -0.39 is 15.9 Å². The zero-order valence-electron chi connectivity index (χ0n) is 19.1. The first-order valence-corrected chi connectivity index (χ1v) is 11.9. The first-order chi connectivity index (χ1) is 16.3. The van der Waals surface area contributed by atoms with Crippen LogP contribution in [0.1, 0.15) is 18.1 Å². The number of ether oxygens (including phenoxy) is 2. The maximum absolute atomic E-state index is 13.6. The van der Waals surface area contributed by atoms with Crippen LogP contribution in [-0.2, 0) is 14.8 Å². The average molecular weight is 477 g/mol. The van der Waals surface area contributed by atoms with Gasteiger partial charge in [-0.3, -0.25) is 4.79 Å². The van der Waals surface area contributed by atoms with Crippen molar-refractivity contribution in [3.05, 3.63) is 89.5 Å². The van der Waals surface area contributed by atoms with Crippen molar-refractivity contribution in [3.8, 4) is 17.6 Å². The summed E-state index contributed by atoms with van der Waals surface area (Å²) in [5, 5.41) is 9.78. The fourth-order valence-corrected chi connectivity index (χ4v) is 4.62. The smallest absolute Gasteiger partial charge is 0.282 e. The van der Waals surface area contributed by atoms with Gasteiger partial charge in [-0.05, 0) is 62.4 Å². The van der Waals surface area contributed by atoms with Gasteiger partial charge in [0.2, 0.25) is 0 Å². The van der Waals surface area contributed by atoms with E-state index in [1.54, 1.807) is 48.5 Å². The maximum Gasteiger partial charge on any atom is 0.282 e. The highest BCUT2D eigenvalue weighted by Crippen LogP contribution is 2.29. The third-order valence-corrected chi connectivity index (χ3v) is 6.64. The summed E-state index contributed by atoms with van der Waals surface area (Å²) in [7, 11) is -2.87. The van der Waals surface area contributed by atoms with Crippen molar-refractivity contribution in [1.29, 1.82) is 5.26 Å². The Kier molecular flexibility index (Phi) is 7.71. The topological polar surface area (TPSA) is 96.7 Å². The number of hydrogen-bond donors (Lipinski definition) is 0. The van der Waals surface area contributed by atoms with Gasteiger partial charge in [-0.15, -0.1) is 0 Å². The van der Waals surface area contributed by atoms with Crippen molar-refractivity contribution in [2.75, 3.05) is 18.0 Å².